The monoisotopic (exact) mass is 212 g/mol. The van der Waals surface area contributed by atoms with E-state index < -0.39 is 0 Å². The molecule has 0 bridgehead atoms. The summed E-state index contributed by atoms with van der Waals surface area (Å²) < 4.78 is 0. The lowest BCUT2D eigenvalue weighted by Crippen LogP contribution is -2.22. The zero-order valence-electron chi connectivity index (χ0n) is 7.32. The van der Waals surface area contributed by atoms with Gasteiger partial charge in [0.1, 0.15) is 0 Å². The van der Waals surface area contributed by atoms with E-state index in [9.17, 15) is 0 Å². The van der Waals surface area contributed by atoms with Crippen molar-refractivity contribution in [1.29, 1.82) is 0 Å². The lowest BCUT2D eigenvalue weighted by atomic mass is 10.3. The molecule has 2 nitrogen and oxygen atoms in total. The first-order valence-electron chi connectivity index (χ1n) is 4.37. The molecule has 0 saturated carbocycles. The Morgan fingerprint density at radius 3 is 3.23 bits per heavy atom. The fourth-order valence-electron chi connectivity index (χ4n) is 1.14. The minimum absolute atomic E-state index is 0.912. The van der Waals surface area contributed by atoms with E-state index in [1.165, 1.54) is 17.7 Å². The van der Waals surface area contributed by atoms with Gasteiger partial charge in [-0.1, -0.05) is 11.8 Å². The van der Waals surface area contributed by atoms with Crippen molar-refractivity contribution < 1.29 is 0 Å². The average Bonchev–Trinajstić information content (AvgIpc) is 2.69. The molecule has 1 aromatic rings. The summed E-state index contributed by atoms with van der Waals surface area (Å²) in [6, 6.07) is 2.14. The highest BCUT2D eigenvalue weighted by Gasteiger charge is 2.04. The van der Waals surface area contributed by atoms with Gasteiger partial charge in [-0.25, -0.2) is 0 Å². The van der Waals surface area contributed by atoms with Crippen molar-refractivity contribution >= 4 is 28.3 Å². The van der Waals surface area contributed by atoms with Crippen LogP contribution in [-0.2, 0) is 6.54 Å². The maximum absolute atomic E-state index is 4.40. The second-order valence-corrected chi connectivity index (χ2v) is 4.74. The summed E-state index contributed by atoms with van der Waals surface area (Å²) in [4.78, 5) is 4.40. The van der Waals surface area contributed by atoms with Gasteiger partial charge in [-0.05, 0) is 28.8 Å². The van der Waals surface area contributed by atoms with Gasteiger partial charge in [-0.2, -0.15) is 11.3 Å². The third kappa shape index (κ3) is 2.74. The molecule has 0 unspecified atom stereocenters. The molecule has 0 atom stereocenters. The zero-order valence-corrected chi connectivity index (χ0v) is 8.96. The quantitative estimate of drug-likeness (QED) is 0.813. The maximum Gasteiger partial charge on any atom is 0.156 e. The Labute approximate surface area is 86.5 Å². The smallest absolute Gasteiger partial charge is 0.156 e. The van der Waals surface area contributed by atoms with E-state index in [1.54, 1.807) is 11.3 Å². The minimum Gasteiger partial charge on any atom is -0.361 e. The van der Waals surface area contributed by atoms with Crippen LogP contribution in [0.3, 0.4) is 0 Å². The van der Waals surface area contributed by atoms with Crippen LogP contribution in [0, 0.1) is 0 Å². The molecule has 0 radical (unpaired) electrons. The van der Waals surface area contributed by atoms with Crippen molar-refractivity contribution in [3.63, 3.8) is 0 Å². The van der Waals surface area contributed by atoms with Crippen LogP contribution in [0.4, 0.5) is 0 Å². The van der Waals surface area contributed by atoms with Crippen LogP contribution in [0.2, 0.25) is 0 Å². The summed E-state index contributed by atoms with van der Waals surface area (Å²) in [5.74, 6) is 1.20. The molecule has 70 valence electrons. The second kappa shape index (κ2) is 4.67. The van der Waals surface area contributed by atoms with Gasteiger partial charge < -0.3 is 5.32 Å². The predicted octanol–water partition coefficient (Wildman–Crippen LogP) is 2.33. The number of thiophene rings is 1. The first-order valence-corrected chi connectivity index (χ1v) is 6.30. The van der Waals surface area contributed by atoms with Crippen LogP contribution in [0.5, 0.6) is 0 Å². The average molecular weight is 212 g/mol. The van der Waals surface area contributed by atoms with Gasteiger partial charge in [-0.15, -0.1) is 0 Å². The molecule has 4 heteroatoms. The minimum atomic E-state index is 0.912. The molecule has 13 heavy (non-hydrogen) atoms. The number of aliphatic imine (C=N–C) groups is 1. The highest BCUT2D eigenvalue weighted by atomic mass is 32.2. The van der Waals surface area contributed by atoms with E-state index in [-0.39, 0.29) is 0 Å². The van der Waals surface area contributed by atoms with Gasteiger partial charge in [0, 0.05) is 18.8 Å². The van der Waals surface area contributed by atoms with E-state index in [0.717, 1.165) is 18.3 Å². The molecule has 0 amide bonds. The molecular formula is C9H12N2S2. The Hall–Kier alpha value is -0.480. The number of rotatable bonds is 2. The Kier molecular flexibility index (Phi) is 3.27. The molecule has 0 aliphatic carbocycles. The summed E-state index contributed by atoms with van der Waals surface area (Å²) in [6.45, 7) is 1.90. The summed E-state index contributed by atoms with van der Waals surface area (Å²) >= 11 is 3.57. The van der Waals surface area contributed by atoms with E-state index >= 15 is 0 Å². The Morgan fingerprint density at radius 1 is 1.54 bits per heavy atom. The SMILES string of the molecule is c1cc(CNC2=NCCCS2)cs1. The van der Waals surface area contributed by atoms with Crippen LogP contribution < -0.4 is 5.32 Å². The number of hydrogen-bond donors (Lipinski definition) is 1. The van der Waals surface area contributed by atoms with Crippen molar-refractivity contribution in [2.24, 2.45) is 4.99 Å². The first kappa shape index (κ1) is 9.09. The Bertz CT molecular complexity index is 280. The maximum atomic E-state index is 4.40. The fraction of sp³-hybridized carbons (Fsp3) is 0.444. The topological polar surface area (TPSA) is 24.4 Å². The van der Waals surface area contributed by atoms with Gasteiger partial charge in [0.25, 0.3) is 0 Å². The molecule has 1 aliphatic rings. The van der Waals surface area contributed by atoms with Gasteiger partial charge in [0.15, 0.2) is 5.17 Å². The molecular weight excluding hydrogens is 200 g/mol. The van der Waals surface area contributed by atoms with Gasteiger partial charge in [0.05, 0.1) is 0 Å². The Balaban J connectivity index is 1.82. The molecule has 0 aromatic carbocycles. The first-order chi connectivity index (χ1) is 6.45. The highest BCUT2D eigenvalue weighted by Crippen LogP contribution is 2.11. The number of hydrogen-bond acceptors (Lipinski definition) is 4. The normalized spacial score (nSPS) is 16.8. The largest absolute Gasteiger partial charge is 0.361 e. The Morgan fingerprint density at radius 2 is 2.54 bits per heavy atom. The number of nitrogens with one attached hydrogen (secondary N) is 1. The van der Waals surface area contributed by atoms with Crippen LogP contribution >= 0.6 is 23.1 Å². The summed E-state index contributed by atoms with van der Waals surface area (Å²) in [5, 5.41) is 8.72. The third-order valence-electron chi connectivity index (χ3n) is 1.82. The van der Waals surface area contributed by atoms with Crippen LogP contribution in [0.1, 0.15) is 12.0 Å². The molecule has 0 saturated heterocycles. The van der Waals surface area contributed by atoms with Crippen LogP contribution in [-0.4, -0.2) is 17.5 Å². The van der Waals surface area contributed by atoms with Crippen molar-refractivity contribution in [2.75, 3.05) is 12.3 Å². The lowest BCUT2D eigenvalue weighted by molar-refractivity contribution is 0.883. The summed E-state index contributed by atoms with van der Waals surface area (Å²) in [6.07, 6.45) is 1.22. The molecule has 0 fully saturated rings. The lowest BCUT2D eigenvalue weighted by Gasteiger charge is -2.12. The van der Waals surface area contributed by atoms with Crippen molar-refractivity contribution in [3.8, 4) is 0 Å². The second-order valence-electron chi connectivity index (χ2n) is 2.87. The predicted molar refractivity (Wildman–Crippen MR) is 60.5 cm³/mol. The standard InChI is InChI=1S/C9H12N2S2/c1-3-10-9(13-4-1)11-6-8-2-5-12-7-8/h2,5,7H,1,3-4,6H2,(H,10,11). The molecule has 0 spiro atoms. The van der Waals surface area contributed by atoms with Crippen LogP contribution in [0.25, 0.3) is 0 Å². The molecule has 1 aliphatic heterocycles. The number of nitrogens with zero attached hydrogens (tertiary/aromatic N) is 1. The number of thioether (sulfide) groups is 1. The fourth-order valence-corrected chi connectivity index (χ4v) is 2.63. The van der Waals surface area contributed by atoms with E-state index in [4.69, 9.17) is 0 Å². The number of amidine groups is 1. The summed E-state index contributed by atoms with van der Waals surface area (Å²) in [5.41, 5.74) is 1.35. The molecule has 1 N–H and O–H groups in total. The van der Waals surface area contributed by atoms with E-state index in [1.807, 2.05) is 11.8 Å². The summed E-state index contributed by atoms with van der Waals surface area (Å²) in [7, 11) is 0. The van der Waals surface area contributed by atoms with E-state index in [2.05, 4.69) is 27.1 Å². The highest BCUT2D eigenvalue weighted by molar-refractivity contribution is 8.13. The van der Waals surface area contributed by atoms with Gasteiger partial charge >= 0.3 is 0 Å². The van der Waals surface area contributed by atoms with Gasteiger partial charge in [0.2, 0.25) is 0 Å². The van der Waals surface area contributed by atoms with Crippen molar-refractivity contribution in [3.05, 3.63) is 22.4 Å². The molecule has 1 aromatic heterocycles. The van der Waals surface area contributed by atoms with E-state index in [0.29, 0.717) is 0 Å². The zero-order chi connectivity index (χ0) is 8.93. The van der Waals surface area contributed by atoms with Crippen molar-refractivity contribution in [1.82, 2.24) is 5.32 Å². The third-order valence-corrected chi connectivity index (χ3v) is 3.59. The van der Waals surface area contributed by atoms with Crippen LogP contribution in [0.15, 0.2) is 21.8 Å². The van der Waals surface area contributed by atoms with Gasteiger partial charge in [-0.3, -0.25) is 4.99 Å². The molecule has 2 heterocycles. The van der Waals surface area contributed by atoms with Crippen molar-refractivity contribution in [2.45, 2.75) is 13.0 Å². The molecule has 2 rings (SSSR count).